The fraction of sp³-hybridized carbons (Fsp3) is 0.176. The van der Waals surface area contributed by atoms with Gasteiger partial charge < -0.3 is 14.9 Å². The van der Waals surface area contributed by atoms with Crippen LogP contribution in [0, 0.1) is 0 Å². The van der Waals surface area contributed by atoms with E-state index in [0.29, 0.717) is 6.42 Å². The lowest BCUT2D eigenvalue weighted by molar-refractivity contribution is 0.414. The number of hydrogen-bond acceptors (Lipinski definition) is 3. The molecule has 0 aliphatic heterocycles. The summed E-state index contributed by atoms with van der Waals surface area (Å²) in [6, 6.07) is 15.7. The Hall–Kier alpha value is -1.78. The molecule has 3 nitrogen and oxygen atoms in total. The summed E-state index contributed by atoms with van der Waals surface area (Å²) in [6.45, 7) is 0. The summed E-state index contributed by atoms with van der Waals surface area (Å²) in [5.74, 6) is 1.63. The molecule has 1 aromatic heterocycles. The van der Waals surface area contributed by atoms with Crippen LogP contribution in [-0.4, -0.2) is 7.11 Å². The summed E-state index contributed by atoms with van der Waals surface area (Å²) in [4.78, 5) is 0. The van der Waals surface area contributed by atoms with Gasteiger partial charge >= 0.3 is 0 Å². The Labute approximate surface area is 131 Å². The molecule has 1 atom stereocenters. The van der Waals surface area contributed by atoms with Crippen molar-refractivity contribution in [3.05, 3.63) is 64.3 Å². The highest BCUT2D eigenvalue weighted by molar-refractivity contribution is 9.10. The number of para-hydroxylation sites is 1. The Morgan fingerprint density at radius 3 is 2.76 bits per heavy atom. The highest BCUT2D eigenvalue weighted by Crippen LogP contribution is 2.30. The molecule has 0 spiro atoms. The first-order valence-electron chi connectivity index (χ1n) is 6.74. The van der Waals surface area contributed by atoms with Gasteiger partial charge in [-0.3, -0.25) is 0 Å². The molecule has 2 N–H and O–H groups in total. The molecule has 0 aliphatic carbocycles. The van der Waals surface area contributed by atoms with E-state index in [1.165, 1.54) is 0 Å². The number of methoxy groups -OCH3 is 1. The zero-order valence-corrected chi connectivity index (χ0v) is 13.3. The lowest BCUT2D eigenvalue weighted by Crippen LogP contribution is -2.12. The molecule has 0 saturated heterocycles. The van der Waals surface area contributed by atoms with Gasteiger partial charge in [-0.1, -0.05) is 24.3 Å². The Morgan fingerprint density at radius 2 is 2.00 bits per heavy atom. The monoisotopic (exact) mass is 345 g/mol. The quantitative estimate of drug-likeness (QED) is 0.759. The Kier molecular flexibility index (Phi) is 3.99. The third-order valence-electron chi connectivity index (χ3n) is 3.47. The first-order chi connectivity index (χ1) is 10.2. The summed E-state index contributed by atoms with van der Waals surface area (Å²) >= 11 is 3.49. The van der Waals surface area contributed by atoms with Crippen molar-refractivity contribution in [1.29, 1.82) is 0 Å². The zero-order chi connectivity index (χ0) is 14.8. The Morgan fingerprint density at radius 1 is 1.19 bits per heavy atom. The minimum Gasteiger partial charge on any atom is -0.497 e. The van der Waals surface area contributed by atoms with E-state index in [9.17, 15) is 0 Å². The summed E-state index contributed by atoms with van der Waals surface area (Å²) in [5, 5.41) is 1.06. The van der Waals surface area contributed by atoms with Crippen molar-refractivity contribution >= 4 is 26.9 Å². The molecule has 3 aromatic rings. The van der Waals surface area contributed by atoms with E-state index in [-0.39, 0.29) is 6.04 Å². The van der Waals surface area contributed by atoms with Gasteiger partial charge in [0, 0.05) is 5.39 Å². The van der Waals surface area contributed by atoms with Gasteiger partial charge in [-0.25, -0.2) is 0 Å². The van der Waals surface area contributed by atoms with Gasteiger partial charge in [0.15, 0.2) is 0 Å². The maximum absolute atomic E-state index is 6.28. The third-order valence-corrected chi connectivity index (χ3v) is 4.09. The van der Waals surface area contributed by atoms with Crippen molar-refractivity contribution < 1.29 is 9.15 Å². The van der Waals surface area contributed by atoms with Crippen LogP contribution in [0.15, 0.2) is 57.4 Å². The van der Waals surface area contributed by atoms with E-state index in [1.54, 1.807) is 7.11 Å². The molecule has 0 amide bonds. The van der Waals surface area contributed by atoms with E-state index < -0.39 is 0 Å². The fourth-order valence-corrected chi connectivity index (χ4v) is 2.85. The molecular formula is C17H16BrNO2. The van der Waals surface area contributed by atoms with Crippen molar-refractivity contribution in [1.82, 2.24) is 0 Å². The average molecular weight is 346 g/mol. The Balaban J connectivity index is 1.86. The van der Waals surface area contributed by atoms with Crippen LogP contribution >= 0.6 is 15.9 Å². The van der Waals surface area contributed by atoms with Crippen LogP contribution in [0.25, 0.3) is 11.0 Å². The number of hydrogen-bond donors (Lipinski definition) is 1. The van der Waals surface area contributed by atoms with Gasteiger partial charge in [-0.05, 0) is 52.2 Å². The molecule has 1 heterocycles. The molecule has 0 radical (unpaired) electrons. The maximum Gasteiger partial charge on any atom is 0.148 e. The second-order valence-electron chi connectivity index (χ2n) is 4.97. The van der Waals surface area contributed by atoms with Gasteiger partial charge in [0.25, 0.3) is 0 Å². The number of rotatable bonds is 4. The smallest absolute Gasteiger partial charge is 0.148 e. The van der Waals surface area contributed by atoms with E-state index in [1.807, 2.05) is 48.5 Å². The molecule has 108 valence electrons. The molecule has 2 aromatic carbocycles. The van der Waals surface area contributed by atoms with E-state index in [2.05, 4.69) is 15.9 Å². The number of furan rings is 1. The van der Waals surface area contributed by atoms with Gasteiger partial charge in [0.05, 0.1) is 17.6 Å². The standard InChI is InChI=1S/C17H16BrNO2/c1-20-13-6-2-4-11(8-13)9-15(19)16-10-12-5-3-7-14(18)17(12)21-16/h2-8,10,15H,9,19H2,1H3. The van der Waals surface area contributed by atoms with Crippen molar-refractivity contribution in [3.8, 4) is 5.75 Å². The van der Waals surface area contributed by atoms with Crippen LogP contribution in [0.2, 0.25) is 0 Å². The van der Waals surface area contributed by atoms with Crippen molar-refractivity contribution in [2.45, 2.75) is 12.5 Å². The zero-order valence-electron chi connectivity index (χ0n) is 11.7. The van der Waals surface area contributed by atoms with E-state index in [4.69, 9.17) is 14.9 Å². The van der Waals surface area contributed by atoms with Gasteiger partial charge in [0.1, 0.15) is 17.1 Å². The largest absolute Gasteiger partial charge is 0.497 e. The predicted molar refractivity (Wildman–Crippen MR) is 87.5 cm³/mol. The second kappa shape index (κ2) is 5.92. The van der Waals surface area contributed by atoms with Crippen LogP contribution in [0.3, 0.4) is 0 Å². The average Bonchev–Trinajstić information content (AvgIpc) is 2.93. The maximum atomic E-state index is 6.28. The highest BCUT2D eigenvalue weighted by Gasteiger charge is 2.14. The predicted octanol–water partition coefficient (Wildman–Crippen LogP) is 4.45. The van der Waals surface area contributed by atoms with Crippen molar-refractivity contribution in [3.63, 3.8) is 0 Å². The summed E-state index contributed by atoms with van der Waals surface area (Å²) in [7, 11) is 1.66. The van der Waals surface area contributed by atoms with Gasteiger partial charge in [-0.15, -0.1) is 0 Å². The molecule has 0 fully saturated rings. The first kappa shape index (κ1) is 14.2. The molecule has 1 unspecified atom stereocenters. The SMILES string of the molecule is COc1cccc(CC(N)c2cc3cccc(Br)c3o2)c1. The summed E-state index contributed by atoms with van der Waals surface area (Å²) in [6.07, 6.45) is 0.703. The number of fused-ring (bicyclic) bond motifs is 1. The number of benzene rings is 2. The summed E-state index contributed by atoms with van der Waals surface area (Å²) in [5.41, 5.74) is 8.25. The first-order valence-corrected chi connectivity index (χ1v) is 7.53. The van der Waals surface area contributed by atoms with Crippen LogP contribution in [-0.2, 0) is 6.42 Å². The fourth-order valence-electron chi connectivity index (χ4n) is 2.38. The normalized spacial score (nSPS) is 12.5. The van der Waals surface area contributed by atoms with Gasteiger partial charge in [-0.2, -0.15) is 0 Å². The lowest BCUT2D eigenvalue weighted by atomic mass is 10.0. The molecular weight excluding hydrogens is 330 g/mol. The molecule has 4 heteroatoms. The van der Waals surface area contributed by atoms with Crippen molar-refractivity contribution in [2.24, 2.45) is 5.73 Å². The van der Waals surface area contributed by atoms with Gasteiger partial charge in [0.2, 0.25) is 0 Å². The van der Waals surface area contributed by atoms with Crippen LogP contribution in [0.4, 0.5) is 0 Å². The van der Waals surface area contributed by atoms with E-state index >= 15 is 0 Å². The molecule has 0 bridgehead atoms. The van der Waals surface area contributed by atoms with Crippen LogP contribution in [0.1, 0.15) is 17.4 Å². The highest BCUT2D eigenvalue weighted by atomic mass is 79.9. The molecule has 0 aliphatic rings. The lowest BCUT2D eigenvalue weighted by Gasteiger charge is -2.09. The number of ether oxygens (including phenoxy) is 1. The topological polar surface area (TPSA) is 48.4 Å². The number of halogens is 1. The third kappa shape index (κ3) is 2.96. The second-order valence-corrected chi connectivity index (χ2v) is 5.82. The summed E-state index contributed by atoms with van der Waals surface area (Å²) < 4.78 is 12.1. The molecule has 0 saturated carbocycles. The Bertz CT molecular complexity index is 766. The van der Waals surface area contributed by atoms with E-state index in [0.717, 1.165) is 32.5 Å². The van der Waals surface area contributed by atoms with Crippen LogP contribution < -0.4 is 10.5 Å². The number of nitrogens with two attached hydrogens (primary N) is 1. The molecule has 3 rings (SSSR count). The molecule has 21 heavy (non-hydrogen) atoms. The van der Waals surface area contributed by atoms with Crippen molar-refractivity contribution in [2.75, 3.05) is 7.11 Å². The minimum absolute atomic E-state index is 0.184. The van der Waals surface area contributed by atoms with Crippen LogP contribution in [0.5, 0.6) is 5.75 Å². The minimum atomic E-state index is -0.184.